The third kappa shape index (κ3) is 2.82. The van der Waals surface area contributed by atoms with E-state index in [9.17, 15) is 0 Å². The van der Waals surface area contributed by atoms with Gasteiger partial charge in [-0.1, -0.05) is 34.1 Å². The Kier molecular flexibility index (Phi) is 4.74. The molecule has 1 aliphatic rings. The van der Waals surface area contributed by atoms with Gasteiger partial charge >= 0.3 is 0 Å². The van der Waals surface area contributed by atoms with E-state index >= 15 is 0 Å². The van der Waals surface area contributed by atoms with Gasteiger partial charge in [0.25, 0.3) is 0 Å². The van der Waals surface area contributed by atoms with Crippen molar-refractivity contribution >= 4 is 0 Å². The lowest BCUT2D eigenvalue weighted by atomic mass is 9.68. The topological polar surface area (TPSA) is 20.2 Å². The molecule has 0 unspecified atom stereocenters. The maximum absolute atomic E-state index is 8.93. The lowest BCUT2D eigenvalue weighted by molar-refractivity contribution is 0.0506. The van der Waals surface area contributed by atoms with Gasteiger partial charge in [0, 0.05) is 6.61 Å². The highest BCUT2D eigenvalue weighted by Gasteiger charge is 2.32. The van der Waals surface area contributed by atoms with Crippen LogP contribution in [0.4, 0.5) is 0 Å². The predicted molar refractivity (Wildman–Crippen MR) is 49.6 cm³/mol. The summed E-state index contributed by atoms with van der Waals surface area (Å²) in [4.78, 5) is 0. The van der Waals surface area contributed by atoms with Gasteiger partial charge in [0.15, 0.2) is 0 Å². The minimum Gasteiger partial charge on any atom is -0.396 e. The fraction of sp³-hybridized carbons (Fsp3) is 1.00. The molecule has 0 aromatic heterocycles. The molecular weight excluding hydrogens is 136 g/mol. The molecule has 0 aliphatic heterocycles. The molecule has 0 saturated heterocycles. The summed E-state index contributed by atoms with van der Waals surface area (Å²) in [5, 5.41) is 8.93. The molecule has 1 aliphatic carbocycles. The number of hydrogen-bond donors (Lipinski definition) is 1. The van der Waals surface area contributed by atoms with Crippen LogP contribution in [0.1, 0.15) is 47.0 Å². The summed E-state index contributed by atoms with van der Waals surface area (Å²) in [6, 6.07) is 0. The number of aliphatic hydroxyl groups is 1. The van der Waals surface area contributed by atoms with Gasteiger partial charge in [-0.2, -0.15) is 0 Å². The summed E-state index contributed by atoms with van der Waals surface area (Å²) >= 11 is 0. The number of aliphatic hydroxyl groups excluding tert-OH is 1. The predicted octanol–water partition coefficient (Wildman–Crippen LogP) is 2.83. The third-order valence-electron chi connectivity index (χ3n) is 2.62. The molecule has 1 rings (SSSR count). The minimum atomic E-state index is 0.193. The summed E-state index contributed by atoms with van der Waals surface area (Å²) in [6.07, 6.45) is 4.02. The molecule has 0 bridgehead atoms. The van der Waals surface area contributed by atoms with Crippen molar-refractivity contribution in [2.45, 2.75) is 47.0 Å². The minimum absolute atomic E-state index is 0.193. The lowest BCUT2D eigenvalue weighted by Crippen LogP contribution is -2.32. The van der Waals surface area contributed by atoms with Crippen LogP contribution in [0.25, 0.3) is 0 Å². The molecule has 0 spiro atoms. The summed E-state index contributed by atoms with van der Waals surface area (Å²) in [7, 11) is 0. The first-order valence-corrected chi connectivity index (χ1v) is 4.77. The Labute approximate surface area is 70.8 Å². The molecule has 0 radical (unpaired) electrons. The highest BCUT2D eigenvalue weighted by molar-refractivity contribution is 4.83. The quantitative estimate of drug-likeness (QED) is 0.655. The van der Waals surface area contributed by atoms with E-state index in [4.69, 9.17) is 5.11 Å². The van der Waals surface area contributed by atoms with E-state index in [0.717, 1.165) is 5.92 Å². The van der Waals surface area contributed by atoms with Crippen molar-refractivity contribution in [1.29, 1.82) is 0 Å². The Morgan fingerprint density at radius 2 is 1.73 bits per heavy atom. The standard InChI is InChI=1S/C8H16O.C2H6/c1-8(2,6-9)7-4-3-5-7;1-2/h7,9H,3-6H2,1-2H3;1-2H3. The van der Waals surface area contributed by atoms with Crippen LogP contribution in [0, 0.1) is 11.3 Å². The van der Waals surface area contributed by atoms with Crippen molar-refractivity contribution in [2.75, 3.05) is 6.61 Å². The van der Waals surface area contributed by atoms with Gasteiger partial charge < -0.3 is 5.11 Å². The van der Waals surface area contributed by atoms with E-state index in [2.05, 4.69) is 13.8 Å². The van der Waals surface area contributed by atoms with Crippen molar-refractivity contribution in [3.8, 4) is 0 Å². The molecule has 1 N–H and O–H groups in total. The molecule has 1 fully saturated rings. The molecule has 0 aromatic rings. The average molecular weight is 158 g/mol. The monoisotopic (exact) mass is 158 g/mol. The van der Waals surface area contributed by atoms with Gasteiger partial charge in [0.2, 0.25) is 0 Å². The zero-order valence-corrected chi connectivity index (χ0v) is 8.35. The molecule has 1 saturated carbocycles. The van der Waals surface area contributed by atoms with E-state index in [1.165, 1.54) is 19.3 Å². The molecule has 0 heterocycles. The van der Waals surface area contributed by atoms with E-state index in [0.29, 0.717) is 6.61 Å². The van der Waals surface area contributed by atoms with Crippen LogP contribution < -0.4 is 0 Å². The zero-order chi connectivity index (χ0) is 8.91. The van der Waals surface area contributed by atoms with Gasteiger partial charge in [-0.05, 0) is 24.2 Å². The first-order valence-electron chi connectivity index (χ1n) is 4.77. The van der Waals surface area contributed by atoms with Crippen molar-refractivity contribution in [2.24, 2.45) is 11.3 Å². The molecule has 68 valence electrons. The number of hydrogen-bond acceptors (Lipinski definition) is 1. The smallest absolute Gasteiger partial charge is 0.0484 e. The SMILES string of the molecule is CC.CC(C)(CO)C1CCC1. The first-order chi connectivity index (χ1) is 5.17. The summed E-state index contributed by atoms with van der Waals surface area (Å²) in [5.41, 5.74) is 0.193. The lowest BCUT2D eigenvalue weighted by Gasteiger charge is -2.38. The van der Waals surface area contributed by atoms with E-state index in [-0.39, 0.29) is 5.41 Å². The van der Waals surface area contributed by atoms with Crippen LogP contribution in [-0.4, -0.2) is 11.7 Å². The first kappa shape index (κ1) is 11.0. The van der Waals surface area contributed by atoms with Gasteiger partial charge in [0.1, 0.15) is 0 Å². The van der Waals surface area contributed by atoms with Gasteiger partial charge in [-0.25, -0.2) is 0 Å². The second-order valence-corrected chi connectivity index (χ2v) is 3.77. The Bertz CT molecular complexity index is 93.0. The Morgan fingerprint density at radius 1 is 1.27 bits per heavy atom. The van der Waals surface area contributed by atoms with Crippen molar-refractivity contribution in [3.63, 3.8) is 0 Å². The Morgan fingerprint density at radius 3 is 1.82 bits per heavy atom. The fourth-order valence-electron chi connectivity index (χ4n) is 1.32. The van der Waals surface area contributed by atoms with Gasteiger partial charge in [-0.3, -0.25) is 0 Å². The Balaban J connectivity index is 0.000000461. The van der Waals surface area contributed by atoms with Crippen LogP contribution in [-0.2, 0) is 0 Å². The van der Waals surface area contributed by atoms with Gasteiger partial charge in [0.05, 0.1) is 0 Å². The zero-order valence-electron chi connectivity index (χ0n) is 8.35. The molecule has 0 aromatic carbocycles. The fourth-order valence-corrected chi connectivity index (χ4v) is 1.32. The van der Waals surface area contributed by atoms with Crippen molar-refractivity contribution in [1.82, 2.24) is 0 Å². The number of rotatable bonds is 2. The second-order valence-electron chi connectivity index (χ2n) is 3.77. The van der Waals surface area contributed by atoms with Crippen LogP contribution in [0.3, 0.4) is 0 Å². The van der Waals surface area contributed by atoms with Crippen LogP contribution >= 0.6 is 0 Å². The van der Waals surface area contributed by atoms with Gasteiger partial charge in [-0.15, -0.1) is 0 Å². The van der Waals surface area contributed by atoms with Crippen molar-refractivity contribution in [3.05, 3.63) is 0 Å². The highest BCUT2D eigenvalue weighted by atomic mass is 16.3. The van der Waals surface area contributed by atoms with E-state index in [1.54, 1.807) is 0 Å². The Hall–Kier alpha value is -0.0400. The molecule has 1 nitrogen and oxygen atoms in total. The van der Waals surface area contributed by atoms with Crippen LogP contribution in [0.15, 0.2) is 0 Å². The molecule has 11 heavy (non-hydrogen) atoms. The second kappa shape index (κ2) is 4.76. The molecular formula is C10H22O. The van der Waals surface area contributed by atoms with Crippen LogP contribution in [0.2, 0.25) is 0 Å². The van der Waals surface area contributed by atoms with E-state index < -0.39 is 0 Å². The maximum Gasteiger partial charge on any atom is 0.0484 e. The molecule has 0 amide bonds. The largest absolute Gasteiger partial charge is 0.396 e. The maximum atomic E-state index is 8.93. The summed E-state index contributed by atoms with van der Waals surface area (Å²) in [5.74, 6) is 0.794. The highest BCUT2D eigenvalue weighted by Crippen LogP contribution is 2.40. The summed E-state index contributed by atoms with van der Waals surface area (Å²) < 4.78 is 0. The molecule has 0 atom stereocenters. The normalized spacial score (nSPS) is 18.3. The average Bonchev–Trinajstić information content (AvgIpc) is 1.88. The third-order valence-corrected chi connectivity index (χ3v) is 2.62. The van der Waals surface area contributed by atoms with Crippen LogP contribution in [0.5, 0.6) is 0 Å². The van der Waals surface area contributed by atoms with Crippen molar-refractivity contribution < 1.29 is 5.11 Å². The summed E-state index contributed by atoms with van der Waals surface area (Å²) in [6.45, 7) is 8.64. The molecule has 1 heteroatoms. The van der Waals surface area contributed by atoms with E-state index in [1.807, 2.05) is 13.8 Å².